The summed E-state index contributed by atoms with van der Waals surface area (Å²) in [7, 11) is 0. The number of phenolic OH excluding ortho intramolecular Hbond substituents is 1. The molecule has 0 spiro atoms. The molecular weight excluding hydrogens is 254 g/mol. The number of aryl methyl sites for hydroxylation is 1. The van der Waals surface area contributed by atoms with Crippen molar-refractivity contribution in [1.29, 1.82) is 0 Å². The molecule has 0 aromatic heterocycles. The quantitative estimate of drug-likeness (QED) is 0.824. The summed E-state index contributed by atoms with van der Waals surface area (Å²) in [4.78, 5) is 12.2. The maximum Gasteiger partial charge on any atom is 0.265 e. The molecule has 0 saturated heterocycles. The maximum absolute atomic E-state index is 12.2. The van der Waals surface area contributed by atoms with Crippen LogP contribution in [0.5, 0.6) is 11.5 Å². The van der Waals surface area contributed by atoms with Crippen molar-refractivity contribution in [1.82, 2.24) is 0 Å². The molecule has 1 aliphatic heterocycles. The fourth-order valence-electron chi connectivity index (χ4n) is 2.29. The van der Waals surface area contributed by atoms with Crippen molar-refractivity contribution in [3.05, 3.63) is 53.6 Å². The summed E-state index contributed by atoms with van der Waals surface area (Å²) in [5, 5.41) is 12.5. The summed E-state index contributed by atoms with van der Waals surface area (Å²) in [6, 6.07) is 12.7. The Kier molecular flexibility index (Phi) is 3.06. The Bertz CT molecular complexity index is 642. The van der Waals surface area contributed by atoms with Crippen LogP contribution in [0, 0.1) is 6.92 Å². The number of aromatic hydroxyl groups is 1. The molecule has 1 unspecified atom stereocenters. The van der Waals surface area contributed by atoms with E-state index in [4.69, 9.17) is 4.74 Å². The fraction of sp³-hybridized carbons (Fsp3) is 0.188. The van der Waals surface area contributed by atoms with Crippen LogP contribution in [0.3, 0.4) is 0 Å². The van der Waals surface area contributed by atoms with Crippen molar-refractivity contribution < 1.29 is 14.6 Å². The molecule has 2 aromatic rings. The van der Waals surface area contributed by atoms with Gasteiger partial charge in [0.25, 0.3) is 5.91 Å². The van der Waals surface area contributed by atoms with Gasteiger partial charge in [-0.2, -0.15) is 0 Å². The van der Waals surface area contributed by atoms with Crippen molar-refractivity contribution in [3.8, 4) is 11.5 Å². The average molecular weight is 269 g/mol. The number of hydrogen-bond donors (Lipinski definition) is 2. The van der Waals surface area contributed by atoms with Crippen LogP contribution in [0.4, 0.5) is 5.69 Å². The zero-order valence-electron chi connectivity index (χ0n) is 11.1. The van der Waals surface area contributed by atoms with E-state index in [1.54, 1.807) is 12.1 Å². The van der Waals surface area contributed by atoms with Crippen molar-refractivity contribution in [3.63, 3.8) is 0 Å². The summed E-state index contributed by atoms with van der Waals surface area (Å²) in [5.74, 6) is 0.565. The number of fused-ring (bicyclic) bond motifs is 1. The van der Waals surface area contributed by atoms with E-state index in [0.717, 1.165) is 16.9 Å². The Hall–Kier alpha value is -2.49. The zero-order chi connectivity index (χ0) is 14.1. The standard InChI is InChI=1S/C16H15NO3/c1-10-6-7-12(13(18)8-10)17-16(19)15-9-11-4-2-3-5-14(11)20-15/h2-8,15,18H,9H2,1H3,(H,17,19). The van der Waals surface area contributed by atoms with Crippen LogP contribution in [0.25, 0.3) is 0 Å². The molecule has 4 heteroatoms. The van der Waals surface area contributed by atoms with Gasteiger partial charge in [0.05, 0.1) is 5.69 Å². The zero-order valence-corrected chi connectivity index (χ0v) is 11.1. The van der Waals surface area contributed by atoms with E-state index in [2.05, 4.69) is 5.32 Å². The smallest absolute Gasteiger partial charge is 0.265 e. The number of ether oxygens (including phenoxy) is 1. The molecule has 1 heterocycles. The van der Waals surface area contributed by atoms with Gasteiger partial charge in [-0.25, -0.2) is 0 Å². The predicted octanol–water partition coefficient (Wildman–Crippen LogP) is 2.64. The van der Waals surface area contributed by atoms with Crippen molar-refractivity contribution in [2.75, 3.05) is 5.32 Å². The molecule has 0 bridgehead atoms. The Morgan fingerprint density at radius 2 is 2.10 bits per heavy atom. The number of amides is 1. The van der Waals surface area contributed by atoms with Gasteiger partial charge in [-0.05, 0) is 36.2 Å². The van der Waals surface area contributed by atoms with E-state index in [1.807, 2.05) is 37.3 Å². The molecule has 0 saturated carbocycles. The van der Waals surface area contributed by atoms with Gasteiger partial charge in [-0.1, -0.05) is 24.3 Å². The van der Waals surface area contributed by atoms with Crippen LogP contribution in [-0.4, -0.2) is 17.1 Å². The molecule has 1 aliphatic rings. The van der Waals surface area contributed by atoms with Crippen molar-refractivity contribution in [2.45, 2.75) is 19.4 Å². The lowest BCUT2D eigenvalue weighted by molar-refractivity contribution is -0.122. The molecule has 2 aromatic carbocycles. The summed E-state index contributed by atoms with van der Waals surface area (Å²) in [6.45, 7) is 1.88. The molecule has 0 radical (unpaired) electrons. The van der Waals surface area contributed by atoms with Crippen LogP contribution < -0.4 is 10.1 Å². The molecule has 0 aliphatic carbocycles. The Balaban J connectivity index is 1.72. The predicted molar refractivity (Wildman–Crippen MR) is 76.0 cm³/mol. The van der Waals surface area contributed by atoms with Crippen LogP contribution >= 0.6 is 0 Å². The van der Waals surface area contributed by atoms with Crippen LogP contribution in [-0.2, 0) is 11.2 Å². The fourth-order valence-corrected chi connectivity index (χ4v) is 2.29. The largest absolute Gasteiger partial charge is 0.506 e. The van der Waals surface area contributed by atoms with Gasteiger partial charge in [0.15, 0.2) is 6.10 Å². The summed E-state index contributed by atoms with van der Waals surface area (Å²) in [6.07, 6.45) is 0.00218. The highest BCUT2D eigenvalue weighted by molar-refractivity contribution is 5.96. The van der Waals surface area contributed by atoms with E-state index >= 15 is 0 Å². The number of hydrogen-bond acceptors (Lipinski definition) is 3. The van der Waals surface area contributed by atoms with Crippen molar-refractivity contribution >= 4 is 11.6 Å². The van der Waals surface area contributed by atoms with Gasteiger partial charge < -0.3 is 15.2 Å². The minimum atomic E-state index is -0.548. The third-order valence-corrected chi connectivity index (χ3v) is 3.35. The lowest BCUT2D eigenvalue weighted by atomic mass is 10.1. The lowest BCUT2D eigenvalue weighted by Gasteiger charge is -2.12. The molecular formula is C16H15NO3. The number of para-hydroxylation sites is 1. The average Bonchev–Trinajstić information content (AvgIpc) is 2.86. The monoisotopic (exact) mass is 269 g/mol. The molecule has 2 N–H and O–H groups in total. The van der Waals surface area contributed by atoms with E-state index in [-0.39, 0.29) is 11.7 Å². The summed E-state index contributed by atoms with van der Waals surface area (Å²) < 4.78 is 5.61. The van der Waals surface area contributed by atoms with Crippen LogP contribution in [0.15, 0.2) is 42.5 Å². The molecule has 102 valence electrons. The first-order valence-corrected chi connectivity index (χ1v) is 6.48. The van der Waals surface area contributed by atoms with Gasteiger partial charge >= 0.3 is 0 Å². The van der Waals surface area contributed by atoms with E-state index in [0.29, 0.717) is 12.1 Å². The highest BCUT2D eigenvalue weighted by Crippen LogP contribution is 2.30. The lowest BCUT2D eigenvalue weighted by Crippen LogP contribution is -2.31. The molecule has 1 atom stereocenters. The second-order valence-corrected chi connectivity index (χ2v) is 4.93. The minimum absolute atomic E-state index is 0.0638. The van der Waals surface area contributed by atoms with Gasteiger partial charge in [0, 0.05) is 6.42 Å². The Morgan fingerprint density at radius 3 is 2.85 bits per heavy atom. The first-order chi connectivity index (χ1) is 9.63. The number of carbonyl (C=O) groups is 1. The normalized spacial score (nSPS) is 16.4. The Labute approximate surface area is 117 Å². The van der Waals surface area contributed by atoms with E-state index in [9.17, 15) is 9.90 Å². The van der Waals surface area contributed by atoms with Crippen LogP contribution in [0.2, 0.25) is 0 Å². The Morgan fingerprint density at radius 1 is 1.30 bits per heavy atom. The number of rotatable bonds is 2. The SMILES string of the molecule is Cc1ccc(NC(=O)C2Cc3ccccc3O2)c(O)c1. The van der Waals surface area contributed by atoms with E-state index in [1.165, 1.54) is 0 Å². The molecule has 3 rings (SSSR count). The van der Waals surface area contributed by atoms with Gasteiger partial charge in [0.1, 0.15) is 11.5 Å². The molecule has 4 nitrogen and oxygen atoms in total. The first-order valence-electron chi connectivity index (χ1n) is 6.48. The maximum atomic E-state index is 12.2. The third-order valence-electron chi connectivity index (χ3n) is 3.35. The number of anilines is 1. The minimum Gasteiger partial charge on any atom is -0.506 e. The number of nitrogens with one attached hydrogen (secondary N) is 1. The third kappa shape index (κ3) is 2.32. The number of phenols is 1. The highest BCUT2D eigenvalue weighted by atomic mass is 16.5. The topological polar surface area (TPSA) is 58.6 Å². The highest BCUT2D eigenvalue weighted by Gasteiger charge is 2.29. The van der Waals surface area contributed by atoms with Gasteiger partial charge in [-0.15, -0.1) is 0 Å². The second kappa shape index (κ2) is 4.89. The molecule has 20 heavy (non-hydrogen) atoms. The number of carbonyl (C=O) groups excluding carboxylic acids is 1. The number of benzene rings is 2. The summed E-state index contributed by atoms with van der Waals surface area (Å²) >= 11 is 0. The second-order valence-electron chi connectivity index (χ2n) is 4.93. The molecule has 1 amide bonds. The summed E-state index contributed by atoms with van der Waals surface area (Å²) in [5.41, 5.74) is 2.37. The van der Waals surface area contributed by atoms with Crippen molar-refractivity contribution in [2.24, 2.45) is 0 Å². The first kappa shape index (κ1) is 12.5. The van der Waals surface area contributed by atoms with E-state index < -0.39 is 6.10 Å². The van der Waals surface area contributed by atoms with Crippen LogP contribution in [0.1, 0.15) is 11.1 Å². The van der Waals surface area contributed by atoms with Gasteiger partial charge in [0.2, 0.25) is 0 Å². The van der Waals surface area contributed by atoms with Gasteiger partial charge in [-0.3, -0.25) is 4.79 Å². The molecule has 0 fully saturated rings.